The topological polar surface area (TPSA) is 20.2 Å². The molecule has 0 amide bonds. The molecule has 1 aromatic rings. The Morgan fingerprint density at radius 3 is 2.60 bits per heavy atom. The maximum absolute atomic E-state index is 10.3. The second-order valence-electron chi connectivity index (χ2n) is 4.22. The van der Waals surface area contributed by atoms with Crippen LogP contribution in [0.4, 0.5) is 0 Å². The van der Waals surface area contributed by atoms with Gasteiger partial charge in [-0.25, -0.2) is 0 Å². The highest BCUT2D eigenvalue weighted by atomic mass is 32.1. The highest BCUT2D eigenvalue weighted by Crippen LogP contribution is 2.33. The summed E-state index contributed by atoms with van der Waals surface area (Å²) in [6, 6.07) is 2.09. The number of aliphatic hydroxyl groups is 1. The smallest absolute Gasteiger partial charge is 0.0912 e. The highest BCUT2D eigenvalue weighted by Gasteiger charge is 2.21. The van der Waals surface area contributed by atoms with Gasteiger partial charge in [-0.1, -0.05) is 33.1 Å². The third kappa shape index (κ3) is 3.32. The van der Waals surface area contributed by atoms with Crippen molar-refractivity contribution in [3.8, 4) is 0 Å². The third-order valence-electron chi connectivity index (χ3n) is 3.07. The van der Waals surface area contributed by atoms with E-state index in [1.54, 1.807) is 11.3 Å². The fourth-order valence-corrected chi connectivity index (χ4v) is 2.96. The number of aryl methyl sites for hydroxylation is 1. The predicted octanol–water partition coefficient (Wildman–Crippen LogP) is 4.31. The SMILES string of the molecule is CCCCC(CC)C(O)c1sccc1C. The summed E-state index contributed by atoms with van der Waals surface area (Å²) < 4.78 is 0. The van der Waals surface area contributed by atoms with Gasteiger partial charge in [-0.15, -0.1) is 11.3 Å². The number of hydrogen-bond acceptors (Lipinski definition) is 2. The summed E-state index contributed by atoms with van der Waals surface area (Å²) in [6.07, 6.45) is 4.40. The lowest BCUT2D eigenvalue weighted by molar-refractivity contribution is 0.102. The van der Waals surface area contributed by atoms with Crippen LogP contribution in [0.1, 0.15) is 56.1 Å². The lowest BCUT2D eigenvalue weighted by Gasteiger charge is -2.21. The van der Waals surface area contributed by atoms with Gasteiger partial charge in [0.15, 0.2) is 0 Å². The maximum Gasteiger partial charge on any atom is 0.0912 e. The molecule has 0 fully saturated rings. The number of hydrogen-bond donors (Lipinski definition) is 1. The molecule has 1 aromatic heterocycles. The van der Waals surface area contributed by atoms with Crippen molar-refractivity contribution in [2.45, 2.75) is 52.6 Å². The number of rotatable bonds is 6. The summed E-state index contributed by atoms with van der Waals surface area (Å²) in [5.41, 5.74) is 1.24. The van der Waals surface area contributed by atoms with E-state index >= 15 is 0 Å². The van der Waals surface area contributed by atoms with E-state index in [1.807, 2.05) is 0 Å². The molecule has 0 aromatic carbocycles. The Morgan fingerprint density at radius 1 is 1.40 bits per heavy atom. The molecular formula is C13H22OS. The molecule has 0 radical (unpaired) electrons. The van der Waals surface area contributed by atoms with Crippen molar-refractivity contribution in [1.29, 1.82) is 0 Å². The van der Waals surface area contributed by atoms with E-state index in [2.05, 4.69) is 32.2 Å². The number of aliphatic hydroxyl groups excluding tert-OH is 1. The van der Waals surface area contributed by atoms with Gasteiger partial charge in [0.1, 0.15) is 0 Å². The third-order valence-corrected chi connectivity index (χ3v) is 4.16. The Morgan fingerprint density at radius 2 is 2.13 bits per heavy atom. The zero-order valence-electron chi connectivity index (χ0n) is 9.99. The van der Waals surface area contributed by atoms with Crippen LogP contribution in [-0.2, 0) is 0 Å². The van der Waals surface area contributed by atoms with Gasteiger partial charge in [0.05, 0.1) is 6.10 Å². The van der Waals surface area contributed by atoms with E-state index in [0.29, 0.717) is 5.92 Å². The van der Waals surface area contributed by atoms with Gasteiger partial charge in [-0.05, 0) is 36.3 Å². The van der Waals surface area contributed by atoms with Gasteiger partial charge in [0, 0.05) is 4.88 Å². The Hall–Kier alpha value is -0.340. The van der Waals surface area contributed by atoms with Crippen molar-refractivity contribution in [2.24, 2.45) is 5.92 Å². The zero-order valence-corrected chi connectivity index (χ0v) is 10.8. The minimum atomic E-state index is -0.249. The van der Waals surface area contributed by atoms with Crippen LogP contribution < -0.4 is 0 Å². The molecule has 0 spiro atoms. The lowest BCUT2D eigenvalue weighted by Crippen LogP contribution is -2.11. The number of unbranched alkanes of at least 4 members (excludes halogenated alkanes) is 1. The molecule has 15 heavy (non-hydrogen) atoms. The molecular weight excluding hydrogens is 204 g/mol. The molecule has 2 atom stereocenters. The molecule has 1 heterocycles. The highest BCUT2D eigenvalue weighted by molar-refractivity contribution is 7.10. The van der Waals surface area contributed by atoms with Crippen molar-refractivity contribution >= 4 is 11.3 Å². The average molecular weight is 226 g/mol. The maximum atomic E-state index is 10.3. The summed E-state index contributed by atoms with van der Waals surface area (Å²) >= 11 is 1.68. The fraction of sp³-hybridized carbons (Fsp3) is 0.692. The molecule has 0 saturated heterocycles. The van der Waals surface area contributed by atoms with Crippen molar-refractivity contribution in [2.75, 3.05) is 0 Å². The van der Waals surface area contributed by atoms with Crippen LogP contribution in [0.3, 0.4) is 0 Å². The van der Waals surface area contributed by atoms with E-state index in [1.165, 1.54) is 18.4 Å². The van der Waals surface area contributed by atoms with Gasteiger partial charge in [-0.2, -0.15) is 0 Å². The molecule has 1 rings (SSSR count). The van der Waals surface area contributed by atoms with Gasteiger partial charge in [0.2, 0.25) is 0 Å². The summed E-state index contributed by atoms with van der Waals surface area (Å²) in [5, 5.41) is 12.4. The number of thiophene rings is 1. The first kappa shape index (κ1) is 12.7. The average Bonchev–Trinajstić information content (AvgIpc) is 2.65. The molecule has 0 bridgehead atoms. The normalized spacial score (nSPS) is 15.2. The quantitative estimate of drug-likeness (QED) is 0.766. The second-order valence-corrected chi connectivity index (χ2v) is 5.17. The van der Waals surface area contributed by atoms with E-state index in [4.69, 9.17) is 0 Å². The van der Waals surface area contributed by atoms with E-state index in [0.717, 1.165) is 17.7 Å². The minimum Gasteiger partial charge on any atom is -0.387 e. The van der Waals surface area contributed by atoms with Crippen molar-refractivity contribution in [3.63, 3.8) is 0 Å². The first-order valence-electron chi connectivity index (χ1n) is 5.92. The fourth-order valence-electron chi connectivity index (χ4n) is 1.95. The molecule has 0 aliphatic heterocycles. The zero-order chi connectivity index (χ0) is 11.3. The molecule has 1 N–H and O–H groups in total. The summed E-state index contributed by atoms with van der Waals surface area (Å²) in [7, 11) is 0. The van der Waals surface area contributed by atoms with E-state index < -0.39 is 0 Å². The monoisotopic (exact) mass is 226 g/mol. The summed E-state index contributed by atoms with van der Waals surface area (Å²) in [6.45, 7) is 6.46. The van der Waals surface area contributed by atoms with Crippen molar-refractivity contribution in [3.05, 3.63) is 21.9 Å². The molecule has 0 aliphatic rings. The minimum absolute atomic E-state index is 0.249. The predicted molar refractivity (Wildman–Crippen MR) is 67.3 cm³/mol. The summed E-state index contributed by atoms with van der Waals surface area (Å²) in [4.78, 5) is 1.16. The van der Waals surface area contributed by atoms with Crippen molar-refractivity contribution < 1.29 is 5.11 Å². The Balaban J connectivity index is 2.64. The van der Waals surface area contributed by atoms with Crippen LogP contribution in [0.15, 0.2) is 11.4 Å². The molecule has 2 unspecified atom stereocenters. The van der Waals surface area contributed by atoms with Gasteiger partial charge >= 0.3 is 0 Å². The molecule has 0 aliphatic carbocycles. The Bertz CT molecular complexity index is 280. The lowest BCUT2D eigenvalue weighted by atomic mass is 9.91. The van der Waals surface area contributed by atoms with Crippen LogP contribution in [0.25, 0.3) is 0 Å². The Labute approximate surface area is 97.2 Å². The van der Waals surface area contributed by atoms with Crippen LogP contribution in [0.2, 0.25) is 0 Å². The van der Waals surface area contributed by atoms with Crippen LogP contribution >= 0.6 is 11.3 Å². The summed E-state index contributed by atoms with van der Waals surface area (Å²) in [5.74, 6) is 0.433. The van der Waals surface area contributed by atoms with E-state index in [-0.39, 0.29) is 6.10 Å². The van der Waals surface area contributed by atoms with Gasteiger partial charge in [-0.3, -0.25) is 0 Å². The van der Waals surface area contributed by atoms with Gasteiger partial charge < -0.3 is 5.11 Å². The standard InChI is InChI=1S/C13H22OS/c1-4-6-7-11(5-2)12(14)13-10(3)8-9-15-13/h8-9,11-12,14H,4-7H2,1-3H3. The molecule has 1 nitrogen and oxygen atoms in total. The largest absolute Gasteiger partial charge is 0.387 e. The first-order valence-corrected chi connectivity index (χ1v) is 6.80. The van der Waals surface area contributed by atoms with Crippen LogP contribution in [0.5, 0.6) is 0 Å². The van der Waals surface area contributed by atoms with Crippen molar-refractivity contribution in [1.82, 2.24) is 0 Å². The molecule has 0 saturated carbocycles. The van der Waals surface area contributed by atoms with E-state index in [9.17, 15) is 5.11 Å². The van der Waals surface area contributed by atoms with Crippen LogP contribution in [-0.4, -0.2) is 5.11 Å². The van der Waals surface area contributed by atoms with Crippen LogP contribution in [0, 0.1) is 12.8 Å². The van der Waals surface area contributed by atoms with Gasteiger partial charge in [0.25, 0.3) is 0 Å². The Kier molecular flexibility index (Phi) is 5.34. The first-order chi connectivity index (χ1) is 7.20. The molecule has 86 valence electrons. The second kappa shape index (κ2) is 6.29. The molecule has 2 heteroatoms.